The van der Waals surface area contributed by atoms with Crippen LogP contribution in [0.5, 0.6) is 0 Å². The van der Waals surface area contributed by atoms with Crippen LogP contribution in [0.25, 0.3) is 0 Å². The zero-order chi connectivity index (χ0) is 11.4. The first kappa shape index (κ1) is 12.6. The van der Waals surface area contributed by atoms with Crippen molar-refractivity contribution in [3.05, 3.63) is 15.0 Å². The Labute approximate surface area is 99.4 Å². The lowest BCUT2D eigenvalue weighted by atomic mass is 10.2. The summed E-state index contributed by atoms with van der Waals surface area (Å²) in [6.07, 6.45) is -0.691. The summed E-state index contributed by atoms with van der Waals surface area (Å²) < 4.78 is 5.94. The molecule has 0 aromatic carbocycles. The quantitative estimate of drug-likeness (QED) is 0.857. The monoisotopic (exact) mass is 294 g/mol. The van der Waals surface area contributed by atoms with Gasteiger partial charge in [-0.25, -0.2) is 4.98 Å². The molecule has 1 aromatic heterocycles. The average molecular weight is 295 g/mol. The first-order valence-electron chi connectivity index (χ1n) is 4.27. The molecule has 7 heteroatoms. The Balaban J connectivity index is 2.87. The molecule has 0 aliphatic rings. The second kappa shape index (κ2) is 5.55. The van der Waals surface area contributed by atoms with Gasteiger partial charge in [-0.15, -0.1) is 11.3 Å². The number of aromatic nitrogens is 1. The molecule has 5 nitrogen and oxygen atoms in total. The number of hydrogen-bond acceptors (Lipinski definition) is 5. The Hall–Kier alpha value is -0.500. The molecule has 84 valence electrons. The summed E-state index contributed by atoms with van der Waals surface area (Å²) in [5.41, 5.74) is 5.51. The van der Waals surface area contributed by atoms with Crippen LogP contribution in [0, 0.1) is 0 Å². The van der Waals surface area contributed by atoms with Crippen molar-refractivity contribution in [1.29, 1.82) is 0 Å². The van der Waals surface area contributed by atoms with Crippen molar-refractivity contribution in [2.24, 2.45) is 5.73 Å². The molecule has 0 bridgehead atoms. The van der Waals surface area contributed by atoms with Gasteiger partial charge in [0.1, 0.15) is 21.8 Å². The maximum atomic E-state index is 10.8. The highest BCUT2D eigenvalue weighted by molar-refractivity contribution is 9.10. The Morgan fingerprint density at radius 1 is 1.87 bits per heavy atom. The fourth-order valence-electron chi connectivity index (χ4n) is 1.04. The van der Waals surface area contributed by atoms with Crippen LogP contribution in [0.2, 0.25) is 0 Å². The molecule has 0 spiro atoms. The molecule has 0 aliphatic carbocycles. The summed E-state index contributed by atoms with van der Waals surface area (Å²) >= 11 is 4.51. The molecule has 15 heavy (non-hydrogen) atoms. The summed E-state index contributed by atoms with van der Waals surface area (Å²) in [4.78, 5) is 14.9. The highest BCUT2D eigenvalue weighted by Crippen LogP contribution is 2.26. The topological polar surface area (TPSA) is 85.4 Å². The molecule has 0 fully saturated rings. The number of rotatable bonds is 5. The standard InChI is InChI=1S/C8H11BrN2O3S/c1-2-14-6(5(10)8(12)13)7-11-4(9)3-15-7/h3,5-6H,2,10H2,1H3,(H,12,13). The Bertz CT molecular complexity index is 344. The second-order valence-electron chi connectivity index (χ2n) is 2.75. The van der Waals surface area contributed by atoms with Crippen LogP contribution in [-0.2, 0) is 9.53 Å². The van der Waals surface area contributed by atoms with Crippen LogP contribution in [-0.4, -0.2) is 28.7 Å². The molecular weight excluding hydrogens is 284 g/mol. The van der Waals surface area contributed by atoms with Gasteiger partial charge in [-0.1, -0.05) is 0 Å². The van der Waals surface area contributed by atoms with E-state index in [1.165, 1.54) is 11.3 Å². The normalized spacial score (nSPS) is 14.9. The number of carboxylic acid groups (broad SMARTS) is 1. The molecule has 0 saturated heterocycles. The number of thiazole rings is 1. The van der Waals surface area contributed by atoms with E-state index in [2.05, 4.69) is 20.9 Å². The smallest absolute Gasteiger partial charge is 0.323 e. The van der Waals surface area contributed by atoms with E-state index < -0.39 is 18.1 Å². The number of halogens is 1. The van der Waals surface area contributed by atoms with E-state index in [0.29, 0.717) is 16.2 Å². The van der Waals surface area contributed by atoms with E-state index in [4.69, 9.17) is 15.6 Å². The highest BCUT2D eigenvalue weighted by atomic mass is 79.9. The predicted octanol–water partition coefficient (Wildman–Crippen LogP) is 1.40. The summed E-state index contributed by atoms with van der Waals surface area (Å²) in [7, 11) is 0. The molecular formula is C8H11BrN2O3S. The molecule has 2 unspecified atom stereocenters. The lowest BCUT2D eigenvalue weighted by Gasteiger charge is -2.18. The largest absolute Gasteiger partial charge is 0.480 e. The third-order valence-corrected chi connectivity index (χ3v) is 3.31. The molecule has 1 aromatic rings. The van der Waals surface area contributed by atoms with Crippen LogP contribution < -0.4 is 5.73 Å². The van der Waals surface area contributed by atoms with Crippen LogP contribution in [0.1, 0.15) is 18.0 Å². The Morgan fingerprint density at radius 3 is 2.93 bits per heavy atom. The van der Waals surface area contributed by atoms with E-state index in [9.17, 15) is 4.79 Å². The fourth-order valence-corrected chi connectivity index (χ4v) is 2.39. The van der Waals surface area contributed by atoms with Crippen LogP contribution in [0.3, 0.4) is 0 Å². The third-order valence-electron chi connectivity index (χ3n) is 1.69. The van der Waals surface area contributed by atoms with Gasteiger partial charge >= 0.3 is 5.97 Å². The Morgan fingerprint density at radius 2 is 2.53 bits per heavy atom. The number of carbonyl (C=O) groups is 1. The van der Waals surface area contributed by atoms with Crippen molar-refractivity contribution in [3.8, 4) is 0 Å². The van der Waals surface area contributed by atoms with E-state index in [-0.39, 0.29) is 0 Å². The maximum Gasteiger partial charge on any atom is 0.323 e. The first-order valence-corrected chi connectivity index (χ1v) is 5.94. The summed E-state index contributed by atoms with van der Waals surface area (Å²) in [6, 6.07) is -1.09. The molecule has 0 aliphatic heterocycles. The van der Waals surface area contributed by atoms with Crippen molar-refractivity contribution >= 4 is 33.2 Å². The molecule has 0 saturated carbocycles. The number of nitrogens with zero attached hydrogens (tertiary/aromatic N) is 1. The van der Waals surface area contributed by atoms with Gasteiger partial charge in [0, 0.05) is 12.0 Å². The molecule has 2 atom stereocenters. The first-order chi connectivity index (χ1) is 7.06. The number of carboxylic acids is 1. The van der Waals surface area contributed by atoms with Crippen molar-refractivity contribution in [1.82, 2.24) is 4.98 Å². The van der Waals surface area contributed by atoms with Crippen molar-refractivity contribution in [2.75, 3.05) is 6.61 Å². The van der Waals surface area contributed by atoms with Gasteiger partial charge < -0.3 is 15.6 Å². The SMILES string of the molecule is CCOC(c1nc(Br)cs1)C(N)C(=O)O. The van der Waals surface area contributed by atoms with Crippen molar-refractivity contribution in [2.45, 2.75) is 19.1 Å². The molecule has 1 heterocycles. The molecule has 3 N–H and O–H groups in total. The van der Waals surface area contributed by atoms with Gasteiger partial charge in [-0.2, -0.15) is 0 Å². The fraction of sp³-hybridized carbons (Fsp3) is 0.500. The number of ether oxygens (including phenoxy) is 1. The van der Waals surface area contributed by atoms with E-state index in [0.717, 1.165) is 0 Å². The Kier molecular flexibility index (Phi) is 4.65. The maximum absolute atomic E-state index is 10.8. The molecule has 1 rings (SSSR count). The molecule has 0 amide bonds. The third kappa shape index (κ3) is 3.23. The minimum absolute atomic E-state index is 0.392. The van der Waals surface area contributed by atoms with E-state index >= 15 is 0 Å². The lowest BCUT2D eigenvalue weighted by molar-refractivity contribution is -0.142. The van der Waals surface area contributed by atoms with Gasteiger partial charge in [0.2, 0.25) is 0 Å². The number of hydrogen-bond donors (Lipinski definition) is 2. The lowest BCUT2D eigenvalue weighted by Crippen LogP contribution is -2.37. The molecule has 0 radical (unpaired) electrons. The summed E-state index contributed by atoms with van der Waals surface area (Å²) in [5, 5.41) is 11.1. The zero-order valence-corrected chi connectivity index (χ0v) is 10.4. The van der Waals surface area contributed by atoms with E-state index in [1.807, 2.05) is 0 Å². The summed E-state index contributed by atoms with van der Waals surface area (Å²) in [5.74, 6) is -1.10. The average Bonchev–Trinajstić information content (AvgIpc) is 2.60. The van der Waals surface area contributed by atoms with Crippen LogP contribution in [0.4, 0.5) is 0 Å². The van der Waals surface area contributed by atoms with Gasteiger partial charge in [-0.3, -0.25) is 4.79 Å². The highest BCUT2D eigenvalue weighted by Gasteiger charge is 2.28. The van der Waals surface area contributed by atoms with Crippen LogP contribution >= 0.6 is 27.3 Å². The second-order valence-corrected chi connectivity index (χ2v) is 4.45. The minimum Gasteiger partial charge on any atom is -0.480 e. The van der Waals surface area contributed by atoms with Gasteiger partial charge in [0.05, 0.1) is 0 Å². The zero-order valence-electron chi connectivity index (χ0n) is 8.01. The van der Waals surface area contributed by atoms with Gasteiger partial charge in [0.15, 0.2) is 0 Å². The number of nitrogens with two attached hydrogens (primary N) is 1. The van der Waals surface area contributed by atoms with E-state index in [1.54, 1.807) is 12.3 Å². The van der Waals surface area contributed by atoms with Crippen LogP contribution in [0.15, 0.2) is 9.98 Å². The van der Waals surface area contributed by atoms with Crippen molar-refractivity contribution < 1.29 is 14.6 Å². The minimum atomic E-state index is -1.10. The predicted molar refractivity (Wildman–Crippen MR) is 59.8 cm³/mol. The van der Waals surface area contributed by atoms with Gasteiger partial charge in [0.25, 0.3) is 0 Å². The van der Waals surface area contributed by atoms with Crippen molar-refractivity contribution in [3.63, 3.8) is 0 Å². The summed E-state index contributed by atoms with van der Waals surface area (Å²) in [6.45, 7) is 2.17. The number of aliphatic carboxylic acids is 1. The van der Waals surface area contributed by atoms with Gasteiger partial charge in [-0.05, 0) is 22.9 Å².